The lowest BCUT2D eigenvalue weighted by Crippen LogP contribution is -2.43. The van der Waals surface area contributed by atoms with E-state index in [0.29, 0.717) is 5.92 Å². The van der Waals surface area contributed by atoms with Crippen molar-refractivity contribution in [1.29, 1.82) is 0 Å². The summed E-state index contributed by atoms with van der Waals surface area (Å²) in [7, 11) is 1.49. The van der Waals surface area contributed by atoms with Gasteiger partial charge >= 0.3 is 5.97 Å². The number of hydrogen-bond donors (Lipinski definition) is 1. The Morgan fingerprint density at radius 2 is 1.90 bits per heavy atom. The molecule has 0 heterocycles. The van der Waals surface area contributed by atoms with Gasteiger partial charge in [0.15, 0.2) is 0 Å². The van der Waals surface area contributed by atoms with Crippen LogP contribution in [-0.2, 0) is 9.53 Å². The minimum atomic E-state index is -0.126. The lowest BCUT2D eigenvalue weighted by Gasteiger charge is -2.26. The molecule has 1 rings (SSSR count). The van der Waals surface area contributed by atoms with Gasteiger partial charge in [0, 0.05) is 13.1 Å². The van der Waals surface area contributed by atoms with Crippen LogP contribution in [0.25, 0.3) is 0 Å². The Labute approximate surface area is 124 Å². The Balaban J connectivity index is 2.37. The van der Waals surface area contributed by atoms with Crippen LogP contribution in [0.4, 0.5) is 0 Å². The van der Waals surface area contributed by atoms with E-state index in [9.17, 15) is 4.79 Å². The largest absolute Gasteiger partial charge is 0.468 e. The molecule has 4 heteroatoms. The van der Waals surface area contributed by atoms with Crippen LogP contribution in [-0.4, -0.2) is 50.2 Å². The minimum Gasteiger partial charge on any atom is -0.468 e. The second kappa shape index (κ2) is 10.2. The van der Waals surface area contributed by atoms with Gasteiger partial charge in [-0.3, -0.25) is 4.79 Å². The average Bonchev–Trinajstić information content (AvgIpc) is 2.50. The molecule has 1 aliphatic rings. The fourth-order valence-corrected chi connectivity index (χ4v) is 3.10. The molecular formula is C16H32N2O2. The van der Waals surface area contributed by atoms with Crippen molar-refractivity contribution in [2.24, 2.45) is 5.92 Å². The van der Waals surface area contributed by atoms with E-state index in [1.165, 1.54) is 39.2 Å². The Hall–Kier alpha value is -0.610. The summed E-state index contributed by atoms with van der Waals surface area (Å²) in [5.74, 6) is 0.587. The van der Waals surface area contributed by atoms with E-state index >= 15 is 0 Å². The summed E-state index contributed by atoms with van der Waals surface area (Å²) in [5.41, 5.74) is 0. The second-order valence-corrected chi connectivity index (χ2v) is 5.80. The molecule has 0 bridgehead atoms. The van der Waals surface area contributed by atoms with Crippen LogP contribution in [0.2, 0.25) is 0 Å². The highest BCUT2D eigenvalue weighted by Crippen LogP contribution is 2.27. The van der Waals surface area contributed by atoms with Crippen molar-refractivity contribution in [2.75, 3.05) is 33.3 Å². The van der Waals surface area contributed by atoms with Crippen LogP contribution in [0.1, 0.15) is 52.4 Å². The molecule has 0 aromatic rings. The first kappa shape index (κ1) is 17.4. The summed E-state index contributed by atoms with van der Waals surface area (Å²) in [6, 6.07) is -0.126. The molecule has 0 amide bonds. The van der Waals surface area contributed by atoms with Crippen LogP contribution < -0.4 is 5.32 Å². The Kier molecular flexibility index (Phi) is 8.86. The van der Waals surface area contributed by atoms with E-state index in [4.69, 9.17) is 4.74 Å². The standard InChI is InChI=1S/C16H32N2O2/c1-4-18(5-2)12-11-17-15(16(19)20-3)13-14-9-7-6-8-10-14/h14-15,17H,4-13H2,1-3H3. The van der Waals surface area contributed by atoms with Crippen molar-refractivity contribution in [2.45, 2.75) is 58.4 Å². The van der Waals surface area contributed by atoms with Gasteiger partial charge in [-0.15, -0.1) is 0 Å². The van der Waals surface area contributed by atoms with Crippen molar-refractivity contribution in [3.8, 4) is 0 Å². The van der Waals surface area contributed by atoms with E-state index in [0.717, 1.165) is 32.6 Å². The molecule has 0 aromatic heterocycles. The third-order valence-electron chi connectivity index (χ3n) is 4.49. The van der Waals surface area contributed by atoms with E-state index < -0.39 is 0 Å². The number of methoxy groups -OCH3 is 1. The van der Waals surface area contributed by atoms with E-state index in [1.54, 1.807) is 0 Å². The summed E-state index contributed by atoms with van der Waals surface area (Å²) in [6.45, 7) is 8.30. The molecule has 1 aliphatic carbocycles. The number of hydrogen-bond acceptors (Lipinski definition) is 4. The fraction of sp³-hybridized carbons (Fsp3) is 0.938. The quantitative estimate of drug-likeness (QED) is 0.660. The van der Waals surface area contributed by atoms with Crippen LogP contribution in [0, 0.1) is 5.92 Å². The Morgan fingerprint density at radius 3 is 2.45 bits per heavy atom. The summed E-state index contributed by atoms with van der Waals surface area (Å²) in [4.78, 5) is 14.3. The number of ether oxygens (including phenoxy) is 1. The lowest BCUT2D eigenvalue weighted by molar-refractivity contribution is -0.143. The molecule has 118 valence electrons. The molecule has 1 atom stereocenters. The smallest absolute Gasteiger partial charge is 0.322 e. The first-order valence-corrected chi connectivity index (χ1v) is 8.24. The zero-order valence-electron chi connectivity index (χ0n) is 13.5. The molecule has 4 nitrogen and oxygen atoms in total. The molecule has 0 spiro atoms. The monoisotopic (exact) mass is 284 g/mol. The molecule has 0 radical (unpaired) electrons. The number of esters is 1. The van der Waals surface area contributed by atoms with Gasteiger partial charge in [0.05, 0.1) is 7.11 Å². The van der Waals surface area contributed by atoms with Gasteiger partial charge in [-0.2, -0.15) is 0 Å². The number of carbonyl (C=O) groups excluding carboxylic acids is 1. The van der Waals surface area contributed by atoms with Gasteiger partial charge in [-0.05, 0) is 25.4 Å². The summed E-state index contributed by atoms with van der Waals surface area (Å²) < 4.78 is 4.95. The summed E-state index contributed by atoms with van der Waals surface area (Å²) in [6.07, 6.45) is 7.46. The number of nitrogens with one attached hydrogen (secondary N) is 1. The van der Waals surface area contributed by atoms with Gasteiger partial charge in [-0.25, -0.2) is 0 Å². The zero-order chi connectivity index (χ0) is 14.8. The maximum absolute atomic E-state index is 11.9. The highest BCUT2D eigenvalue weighted by molar-refractivity contribution is 5.75. The lowest BCUT2D eigenvalue weighted by atomic mass is 9.85. The van der Waals surface area contributed by atoms with Crippen LogP contribution in [0.15, 0.2) is 0 Å². The van der Waals surface area contributed by atoms with Gasteiger partial charge in [0.2, 0.25) is 0 Å². The third kappa shape index (κ3) is 6.23. The van der Waals surface area contributed by atoms with E-state index in [2.05, 4.69) is 24.1 Å². The van der Waals surface area contributed by atoms with Crippen LogP contribution in [0.5, 0.6) is 0 Å². The molecule has 0 saturated heterocycles. The van der Waals surface area contributed by atoms with Gasteiger partial charge in [0.25, 0.3) is 0 Å². The normalized spacial score (nSPS) is 18.2. The van der Waals surface area contributed by atoms with Crippen molar-refractivity contribution in [1.82, 2.24) is 10.2 Å². The van der Waals surface area contributed by atoms with Gasteiger partial charge < -0.3 is 15.0 Å². The van der Waals surface area contributed by atoms with Crippen LogP contribution >= 0.6 is 0 Å². The van der Waals surface area contributed by atoms with E-state index in [1.807, 2.05) is 0 Å². The molecule has 0 aromatic carbocycles. The summed E-state index contributed by atoms with van der Waals surface area (Å²) >= 11 is 0. The average molecular weight is 284 g/mol. The van der Waals surface area contributed by atoms with Crippen molar-refractivity contribution >= 4 is 5.97 Å². The predicted molar refractivity (Wildman–Crippen MR) is 82.8 cm³/mol. The first-order valence-electron chi connectivity index (χ1n) is 8.24. The number of nitrogens with zero attached hydrogens (tertiary/aromatic N) is 1. The first-order chi connectivity index (χ1) is 9.71. The van der Waals surface area contributed by atoms with Crippen LogP contribution in [0.3, 0.4) is 0 Å². The minimum absolute atomic E-state index is 0.102. The third-order valence-corrected chi connectivity index (χ3v) is 4.49. The number of likely N-dealkylation sites (N-methyl/N-ethyl adjacent to an activating group) is 1. The topological polar surface area (TPSA) is 41.6 Å². The molecular weight excluding hydrogens is 252 g/mol. The molecule has 0 aliphatic heterocycles. The van der Waals surface area contributed by atoms with Crippen molar-refractivity contribution < 1.29 is 9.53 Å². The van der Waals surface area contributed by atoms with Gasteiger partial charge in [-0.1, -0.05) is 46.0 Å². The number of rotatable bonds is 9. The van der Waals surface area contributed by atoms with Crippen molar-refractivity contribution in [3.05, 3.63) is 0 Å². The predicted octanol–water partition coefficient (Wildman–Crippen LogP) is 2.43. The Bertz CT molecular complexity index is 261. The maximum Gasteiger partial charge on any atom is 0.322 e. The van der Waals surface area contributed by atoms with Gasteiger partial charge in [0.1, 0.15) is 6.04 Å². The summed E-state index contributed by atoms with van der Waals surface area (Å²) in [5, 5.41) is 3.40. The molecule has 1 N–H and O–H groups in total. The van der Waals surface area contributed by atoms with E-state index in [-0.39, 0.29) is 12.0 Å². The molecule has 1 fully saturated rings. The SMILES string of the molecule is CCN(CC)CCNC(CC1CCCCC1)C(=O)OC. The fourth-order valence-electron chi connectivity index (χ4n) is 3.10. The highest BCUT2D eigenvalue weighted by atomic mass is 16.5. The molecule has 1 saturated carbocycles. The molecule has 1 unspecified atom stereocenters. The number of carbonyl (C=O) groups is 1. The second-order valence-electron chi connectivity index (χ2n) is 5.80. The molecule has 20 heavy (non-hydrogen) atoms. The maximum atomic E-state index is 11.9. The zero-order valence-corrected chi connectivity index (χ0v) is 13.5. The highest BCUT2D eigenvalue weighted by Gasteiger charge is 2.24. The Morgan fingerprint density at radius 1 is 1.25 bits per heavy atom. The van der Waals surface area contributed by atoms with Crippen molar-refractivity contribution in [3.63, 3.8) is 0 Å².